The third kappa shape index (κ3) is 4.91. The van der Waals surface area contributed by atoms with Crippen LogP contribution < -0.4 is 5.32 Å². The first-order valence-electron chi connectivity index (χ1n) is 8.51. The number of thiophene rings is 1. The van der Waals surface area contributed by atoms with Gasteiger partial charge in [0, 0.05) is 23.7 Å². The Morgan fingerprint density at radius 3 is 2.69 bits per heavy atom. The van der Waals surface area contributed by atoms with Crippen molar-refractivity contribution in [3.05, 3.63) is 57.3 Å². The number of carbonyl (C=O) groups is 2. The van der Waals surface area contributed by atoms with Gasteiger partial charge in [-0.25, -0.2) is 4.79 Å². The first-order valence-corrected chi connectivity index (χ1v) is 9.32. The van der Waals surface area contributed by atoms with Gasteiger partial charge in [0.2, 0.25) is 0 Å². The summed E-state index contributed by atoms with van der Waals surface area (Å²) in [4.78, 5) is 24.5. The fraction of sp³-hybridized carbons (Fsp3) is 0.368. The molecule has 3 rings (SSSR count). The maximum Gasteiger partial charge on any atom is 0.345 e. The largest absolute Gasteiger partial charge is 0.477 e. The minimum Gasteiger partial charge on any atom is -0.477 e. The number of hydrogen-bond donors (Lipinski definition) is 2. The van der Waals surface area contributed by atoms with Crippen LogP contribution >= 0.6 is 11.3 Å². The van der Waals surface area contributed by atoms with Crippen molar-refractivity contribution in [1.82, 2.24) is 5.32 Å². The number of aromatic carboxylic acids is 1. The van der Waals surface area contributed by atoms with Crippen molar-refractivity contribution in [3.8, 4) is 0 Å². The number of carboxylic acid groups (broad SMARTS) is 1. The molecule has 1 aromatic carbocycles. The third-order valence-corrected chi connectivity index (χ3v) is 5.27. The van der Waals surface area contributed by atoms with Gasteiger partial charge in [0.1, 0.15) is 4.88 Å². The molecule has 0 radical (unpaired) electrons. The highest BCUT2D eigenvalue weighted by Gasteiger charge is 2.17. The number of rotatable bonds is 7. The van der Waals surface area contributed by atoms with Gasteiger partial charge in [-0.3, -0.25) is 4.79 Å². The summed E-state index contributed by atoms with van der Waals surface area (Å²) >= 11 is 1.16. The predicted molar refractivity (Wildman–Crippen MR) is 97.5 cm³/mol. The van der Waals surface area contributed by atoms with Crippen LogP contribution in [0.1, 0.15) is 43.3 Å². The number of hydrogen-bond acceptors (Lipinski definition) is 5. The van der Waals surface area contributed by atoms with Crippen LogP contribution in [-0.2, 0) is 22.6 Å². The topological polar surface area (TPSA) is 84.9 Å². The van der Waals surface area contributed by atoms with E-state index in [9.17, 15) is 9.59 Å². The second-order valence-corrected chi connectivity index (χ2v) is 7.20. The maximum atomic E-state index is 12.5. The Hall–Kier alpha value is -2.22. The fourth-order valence-electron chi connectivity index (χ4n) is 2.77. The van der Waals surface area contributed by atoms with Gasteiger partial charge in [-0.15, -0.1) is 11.3 Å². The maximum absolute atomic E-state index is 12.5. The summed E-state index contributed by atoms with van der Waals surface area (Å²) in [5, 5.41) is 11.8. The molecule has 0 aliphatic carbocycles. The van der Waals surface area contributed by atoms with Gasteiger partial charge in [0.25, 0.3) is 5.91 Å². The molecule has 1 aromatic heterocycles. The van der Waals surface area contributed by atoms with Crippen LogP contribution in [0, 0.1) is 0 Å². The molecule has 1 fully saturated rings. The van der Waals surface area contributed by atoms with Crippen LogP contribution in [-0.4, -0.2) is 36.3 Å². The number of benzene rings is 1. The monoisotopic (exact) mass is 375 g/mol. The number of ether oxygens (including phenoxy) is 2. The first-order chi connectivity index (χ1) is 12.6. The molecule has 0 saturated carbocycles. The van der Waals surface area contributed by atoms with Crippen LogP contribution in [0.4, 0.5) is 0 Å². The molecule has 2 aromatic rings. The van der Waals surface area contributed by atoms with E-state index in [1.165, 1.54) is 0 Å². The standard InChI is InChI=1S/C19H21NO5S/c21-18(20-11-15-5-6-17(26-15)19(22)23)16-4-2-1-3-13(16)12-25-14-7-9-24-10-8-14/h1-6,14H,7-12H2,(H,20,21)(H,22,23). The Bertz CT molecular complexity index is 767. The van der Waals surface area contributed by atoms with Gasteiger partial charge in [-0.05, 0) is 36.6 Å². The Morgan fingerprint density at radius 2 is 1.96 bits per heavy atom. The van der Waals surface area contributed by atoms with Crippen LogP contribution in [0.3, 0.4) is 0 Å². The summed E-state index contributed by atoms with van der Waals surface area (Å²) in [6, 6.07) is 10.6. The van der Waals surface area contributed by atoms with E-state index in [0.717, 1.165) is 34.6 Å². The van der Waals surface area contributed by atoms with Crippen molar-refractivity contribution in [2.24, 2.45) is 0 Å². The average Bonchev–Trinajstić information content (AvgIpc) is 3.15. The molecule has 0 atom stereocenters. The van der Waals surface area contributed by atoms with Crippen LogP contribution in [0.25, 0.3) is 0 Å². The van der Waals surface area contributed by atoms with Gasteiger partial charge in [0.15, 0.2) is 0 Å². The molecule has 138 valence electrons. The number of carboxylic acids is 1. The van der Waals surface area contributed by atoms with Crippen molar-refractivity contribution in [3.63, 3.8) is 0 Å². The highest BCUT2D eigenvalue weighted by Crippen LogP contribution is 2.18. The van der Waals surface area contributed by atoms with E-state index in [4.69, 9.17) is 14.6 Å². The molecular formula is C19H21NO5S. The summed E-state index contributed by atoms with van der Waals surface area (Å²) in [5.41, 5.74) is 1.42. The van der Waals surface area contributed by atoms with Crippen LogP contribution in [0.15, 0.2) is 36.4 Å². The minimum atomic E-state index is -0.955. The van der Waals surface area contributed by atoms with Crippen molar-refractivity contribution < 1.29 is 24.2 Å². The normalized spacial score (nSPS) is 14.9. The molecule has 0 bridgehead atoms. The second-order valence-electron chi connectivity index (χ2n) is 6.03. The summed E-state index contributed by atoms with van der Waals surface area (Å²) in [6.45, 7) is 2.11. The van der Waals surface area contributed by atoms with Gasteiger partial charge >= 0.3 is 5.97 Å². The van der Waals surface area contributed by atoms with Gasteiger partial charge in [0.05, 0.1) is 19.3 Å². The lowest BCUT2D eigenvalue weighted by Gasteiger charge is -2.22. The summed E-state index contributed by atoms with van der Waals surface area (Å²) < 4.78 is 11.3. The number of amides is 1. The molecule has 7 heteroatoms. The van der Waals surface area contributed by atoms with Crippen molar-refractivity contribution in [1.29, 1.82) is 0 Å². The fourth-order valence-corrected chi connectivity index (χ4v) is 3.55. The predicted octanol–water partition coefficient (Wildman–Crippen LogP) is 3.07. The van der Waals surface area contributed by atoms with Gasteiger partial charge < -0.3 is 19.9 Å². The molecule has 1 amide bonds. The second kappa shape index (κ2) is 8.93. The Balaban J connectivity index is 1.58. The Kier molecular flexibility index (Phi) is 6.38. The summed E-state index contributed by atoms with van der Waals surface area (Å²) in [5.74, 6) is -1.15. The van der Waals surface area contributed by atoms with E-state index >= 15 is 0 Å². The number of carbonyl (C=O) groups excluding carboxylic acids is 1. The lowest BCUT2D eigenvalue weighted by molar-refractivity contribution is -0.0392. The van der Waals surface area contributed by atoms with E-state index in [-0.39, 0.29) is 16.9 Å². The lowest BCUT2D eigenvalue weighted by Crippen LogP contribution is -2.25. The van der Waals surface area contributed by atoms with E-state index in [1.807, 2.05) is 18.2 Å². The zero-order chi connectivity index (χ0) is 18.4. The summed E-state index contributed by atoms with van der Waals surface area (Å²) in [7, 11) is 0. The highest BCUT2D eigenvalue weighted by molar-refractivity contribution is 7.13. The lowest BCUT2D eigenvalue weighted by atomic mass is 10.1. The molecule has 26 heavy (non-hydrogen) atoms. The van der Waals surface area contributed by atoms with Crippen molar-refractivity contribution in [2.45, 2.75) is 32.1 Å². The molecule has 0 spiro atoms. The molecule has 6 nitrogen and oxygen atoms in total. The van der Waals surface area contributed by atoms with E-state index in [2.05, 4.69) is 5.32 Å². The molecule has 1 saturated heterocycles. The molecular weight excluding hydrogens is 354 g/mol. The average molecular weight is 375 g/mol. The molecule has 1 aliphatic heterocycles. The van der Waals surface area contributed by atoms with E-state index in [1.54, 1.807) is 18.2 Å². The minimum absolute atomic E-state index is 0.167. The highest BCUT2D eigenvalue weighted by atomic mass is 32.1. The summed E-state index contributed by atoms with van der Waals surface area (Å²) in [6.07, 6.45) is 1.91. The first kappa shape index (κ1) is 18.6. The van der Waals surface area contributed by atoms with Crippen LogP contribution in [0.2, 0.25) is 0 Å². The van der Waals surface area contributed by atoms with Gasteiger partial charge in [-0.1, -0.05) is 18.2 Å². The van der Waals surface area contributed by atoms with E-state index < -0.39 is 5.97 Å². The van der Waals surface area contributed by atoms with Crippen molar-refractivity contribution >= 4 is 23.2 Å². The van der Waals surface area contributed by atoms with Crippen LogP contribution in [0.5, 0.6) is 0 Å². The molecule has 2 N–H and O–H groups in total. The Labute approximate surface area is 155 Å². The zero-order valence-corrected chi connectivity index (χ0v) is 15.1. The zero-order valence-electron chi connectivity index (χ0n) is 14.3. The third-order valence-electron chi connectivity index (χ3n) is 4.20. The van der Waals surface area contributed by atoms with E-state index in [0.29, 0.717) is 31.9 Å². The van der Waals surface area contributed by atoms with Crippen molar-refractivity contribution in [2.75, 3.05) is 13.2 Å². The molecule has 1 aliphatic rings. The molecule has 0 unspecified atom stereocenters. The SMILES string of the molecule is O=C(O)c1ccc(CNC(=O)c2ccccc2COC2CCOCC2)s1. The smallest absolute Gasteiger partial charge is 0.345 e. The number of nitrogens with one attached hydrogen (secondary N) is 1. The quantitative estimate of drug-likeness (QED) is 0.777. The Morgan fingerprint density at radius 1 is 1.19 bits per heavy atom. The van der Waals surface area contributed by atoms with Gasteiger partial charge in [-0.2, -0.15) is 0 Å². The molecule has 2 heterocycles.